The molecule has 32 heavy (non-hydrogen) atoms. The Morgan fingerprint density at radius 3 is 0.938 bits per heavy atom. The minimum atomic E-state index is -0.877. The van der Waals surface area contributed by atoms with Crippen molar-refractivity contribution in [2.24, 2.45) is 0 Å². The second-order valence-electron chi connectivity index (χ2n) is 7.10. The third-order valence-corrected chi connectivity index (χ3v) is 9.49. The first kappa shape index (κ1) is 20.6. The smallest absolute Gasteiger partial charge is 0.163 e. The van der Waals surface area contributed by atoms with Gasteiger partial charge in [0.1, 0.15) is 6.33 Å². The van der Waals surface area contributed by atoms with Crippen LogP contribution in [0.3, 0.4) is 0 Å². The molecule has 154 valence electrons. The Balaban J connectivity index is 1.65. The standard InChI is InChI=1S/C27H21N3P2/c1-5-13-22(14-6-1)31(23-15-7-2-8-16-23)26-28-21-29-27(30-26)32(24-17-9-3-10-18-24)25-19-11-4-12-20-25/h1-21H. The lowest BCUT2D eigenvalue weighted by molar-refractivity contribution is 1.14. The van der Waals surface area contributed by atoms with E-state index in [-0.39, 0.29) is 0 Å². The second kappa shape index (κ2) is 9.92. The maximum atomic E-state index is 5.11. The zero-order chi connectivity index (χ0) is 21.6. The summed E-state index contributed by atoms with van der Waals surface area (Å²) in [6.07, 6.45) is 1.68. The Bertz CT molecular complexity index is 1090. The monoisotopic (exact) mass is 449 g/mol. The highest BCUT2D eigenvalue weighted by molar-refractivity contribution is 7.80. The van der Waals surface area contributed by atoms with E-state index in [2.05, 4.69) is 107 Å². The summed E-state index contributed by atoms with van der Waals surface area (Å²) < 4.78 is 0. The molecule has 0 amide bonds. The zero-order valence-corrected chi connectivity index (χ0v) is 19.1. The van der Waals surface area contributed by atoms with Crippen molar-refractivity contribution in [1.82, 2.24) is 15.0 Å². The van der Waals surface area contributed by atoms with Gasteiger partial charge >= 0.3 is 0 Å². The molecule has 3 nitrogen and oxygen atoms in total. The van der Waals surface area contributed by atoms with Gasteiger partial charge < -0.3 is 0 Å². The Hall–Kier alpha value is -3.25. The van der Waals surface area contributed by atoms with Crippen molar-refractivity contribution in [2.45, 2.75) is 0 Å². The fourth-order valence-electron chi connectivity index (χ4n) is 3.56. The summed E-state index contributed by atoms with van der Waals surface area (Å²) in [4.78, 5) is 14.5. The number of hydrogen-bond donors (Lipinski definition) is 0. The highest BCUT2D eigenvalue weighted by atomic mass is 31.1. The van der Waals surface area contributed by atoms with E-state index in [0.717, 1.165) is 11.1 Å². The van der Waals surface area contributed by atoms with Gasteiger partial charge in [-0.3, -0.25) is 0 Å². The molecule has 0 atom stereocenters. The second-order valence-corrected chi connectivity index (χ2v) is 11.3. The topological polar surface area (TPSA) is 38.7 Å². The summed E-state index contributed by atoms with van der Waals surface area (Å²) >= 11 is 0. The molecule has 0 spiro atoms. The van der Waals surface area contributed by atoms with Crippen LogP contribution in [-0.4, -0.2) is 15.0 Å². The molecule has 0 N–H and O–H groups in total. The quantitative estimate of drug-likeness (QED) is 0.373. The van der Waals surface area contributed by atoms with Crippen LogP contribution in [0.4, 0.5) is 0 Å². The zero-order valence-electron chi connectivity index (χ0n) is 17.4. The van der Waals surface area contributed by atoms with E-state index >= 15 is 0 Å². The summed E-state index contributed by atoms with van der Waals surface area (Å²) in [5.74, 6) is 0. The van der Waals surface area contributed by atoms with E-state index in [1.807, 2.05) is 24.3 Å². The summed E-state index contributed by atoms with van der Waals surface area (Å²) in [6.45, 7) is 0. The van der Waals surface area contributed by atoms with Gasteiger partial charge in [0, 0.05) is 15.8 Å². The van der Waals surface area contributed by atoms with E-state index in [9.17, 15) is 0 Å². The average molecular weight is 449 g/mol. The maximum absolute atomic E-state index is 5.11. The van der Waals surface area contributed by atoms with E-state index in [1.165, 1.54) is 21.2 Å². The van der Waals surface area contributed by atoms with Crippen LogP contribution in [0.5, 0.6) is 0 Å². The minimum Gasteiger partial charge on any atom is -0.216 e. The van der Waals surface area contributed by atoms with Gasteiger partial charge in [-0.1, -0.05) is 121 Å². The molecule has 0 bridgehead atoms. The molecule has 5 aromatic rings. The lowest BCUT2D eigenvalue weighted by Crippen LogP contribution is -2.33. The highest BCUT2D eigenvalue weighted by Crippen LogP contribution is 2.33. The SMILES string of the molecule is c1ccc(P(c2ccccc2)c2ncnc(P(c3ccccc3)c3ccccc3)n2)cc1. The summed E-state index contributed by atoms with van der Waals surface area (Å²) in [5.41, 5.74) is 1.67. The minimum absolute atomic E-state index is 0.835. The molecule has 5 rings (SSSR count). The number of hydrogen-bond acceptors (Lipinski definition) is 3. The maximum Gasteiger partial charge on any atom is 0.163 e. The summed E-state index contributed by atoms with van der Waals surface area (Å²) in [6, 6.07) is 42.2. The summed E-state index contributed by atoms with van der Waals surface area (Å²) in [5, 5.41) is 4.92. The number of rotatable bonds is 6. The predicted molar refractivity (Wildman–Crippen MR) is 137 cm³/mol. The van der Waals surface area contributed by atoms with Crippen molar-refractivity contribution < 1.29 is 0 Å². The Morgan fingerprint density at radius 2 is 0.656 bits per heavy atom. The van der Waals surface area contributed by atoms with E-state index in [4.69, 9.17) is 4.98 Å². The van der Waals surface area contributed by atoms with Crippen molar-refractivity contribution >= 4 is 48.2 Å². The molecule has 0 aliphatic rings. The van der Waals surface area contributed by atoms with Gasteiger partial charge in [-0.05, 0) is 21.2 Å². The first-order valence-electron chi connectivity index (χ1n) is 10.4. The molecule has 0 radical (unpaired) electrons. The van der Waals surface area contributed by atoms with Crippen molar-refractivity contribution in [1.29, 1.82) is 0 Å². The van der Waals surface area contributed by atoms with Gasteiger partial charge in [-0.15, -0.1) is 0 Å². The Kier molecular flexibility index (Phi) is 6.40. The normalized spacial score (nSPS) is 11.1. The van der Waals surface area contributed by atoms with Gasteiger partial charge in [0.15, 0.2) is 11.1 Å². The van der Waals surface area contributed by atoms with E-state index in [1.54, 1.807) is 6.33 Å². The largest absolute Gasteiger partial charge is 0.216 e. The van der Waals surface area contributed by atoms with Gasteiger partial charge in [0.2, 0.25) is 0 Å². The van der Waals surface area contributed by atoms with E-state index in [0.29, 0.717) is 0 Å². The van der Waals surface area contributed by atoms with Crippen LogP contribution in [-0.2, 0) is 0 Å². The number of nitrogens with zero attached hydrogens (tertiary/aromatic N) is 3. The molecule has 1 aromatic heterocycles. The van der Waals surface area contributed by atoms with Crippen molar-refractivity contribution in [2.75, 3.05) is 0 Å². The lowest BCUT2D eigenvalue weighted by atomic mass is 10.4. The van der Waals surface area contributed by atoms with E-state index < -0.39 is 15.8 Å². The Labute approximate surface area is 190 Å². The van der Waals surface area contributed by atoms with Crippen molar-refractivity contribution in [3.63, 3.8) is 0 Å². The molecular weight excluding hydrogens is 428 g/mol. The van der Waals surface area contributed by atoms with Gasteiger partial charge in [-0.25, -0.2) is 15.0 Å². The van der Waals surface area contributed by atoms with Gasteiger partial charge in [0.25, 0.3) is 0 Å². The molecule has 1 heterocycles. The third-order valence-electron chi connectivity index (χ3n) is 5.00. The number of benzene rings is 4. The van der Waals surface area contributed by atoms with Crippen molar-refractivity contribution in [3.05, 3.63) is 128 Å². The molecule has 0 unspecified atom stereocenters. The van der Waals surface area contributed by atoms with Crippen LogP contribution in [0.2, 0.25) is 0 Å². The molecule has 0 fully saturated rings. The van der Waals surface area contributed by atoms with Crippen LogP contribution >= 0.6 is 15.8 Å². The van der Waals surface area contributed by atoms with Gasteiger partial charge in [0.05, 0.1) is 0 Å². The Morgan fingerprint density at radius 1 is 0.375 bits per heavy atom. The molecule has 4 aromatic carbocycles. The van der Waals surface area contributed by atoms with Gasteiger partial charge in [-0.2, -0.15) is 0 Å². The molecular formula is C27H21N3P2. The van der Waals surface area contributed by atoms with Crippen LogP contribution < -0.4 is 32.3 Å². The summed E-state index contributed by atoms with van der Waals surface area (Å²) in [7, 11) is -1.75. The first-order chi connectivity index (χ1) is 15.9. The third kappa shape index (κ3) is 4.50. The van der Waals surface area contributed by atoms with Crippen molar-refractivity contribution in [3.8, 4) is 0 Å². The molecule has 5 heteroatoms. The highest BCUT2D eigenvalue weighted by Gasteiger charge is 2.24. The molecule has 0 saturated heterocycles. The lowest BCUT2D eigenvalue weighted by Gasteiger charge is -2.20. The predicted octanol–water partition coefficient (Wildman–Crippen LogP) is 3.39. The first-order valence-corrected chi connectivity index (χ1v) is 13.1. The van der Waals surface area contributed by atoms with Crippen LogP contribution in [0, 0.1) is 0 Å². The average Bonchev–Trinajstić information content (AvgIpc) is 2.87. The molecule has 0 aliphatic carbocycles. The number of aromatic nitrogens is 3. The van der Waals surface area contributed by atoms with Crippen LogP contribution in [0.1, 0.15) is 0 Å². The fourth-order valence-corrected chi connectivity index (χ4v) is 7.77. The fraction of sp³-hybridized carbons (Fsp3) is 0. The molecule has 0 aliphatic heterocycles. The molecule has 0 saturated carbocycles. The van der Waals surface area contributed by atoms with Crippen LogP contribution in [0.15, 0.2) is 128 Å². The van der Waals surface area contributed by atoms with Crippen LogP contribution in [0.25, 0.3) is 0 Å².